The highest BCUT2D eigenvalue weighted by molar-refractivity contribution is 5.74. The average molecular weight is 251 g/mol. The lowest BCUT2D eigenvalue weighted by Gasteiger charge is -2.21. The topological polar surface area (TPSA) is 83.3 Å². The van der Waals surface area contributed by atoms with Gasteiger partial charge in [-0.2, -0.15) is 0 Å². The predicted octanol–water partition coefficient (Wildman–Crippen LogP) is 0.635. The van der Waals surface area contributed by atoms with E-state index in [1.165, 1.54) is 17.0 Å². The molecule has 0 radical (unpaired) electrons. The lowest BCUT2D eigenvalue weighted by molar-refractivity contribution is -0.122. The third-order valence-corrected chi connectivity index (χ3v) is 3.48. The first-order chi connectivity index (χ1) is 8.59. The van der Waals surface area contributed by atoms with Crippen LogP contribution >= 0.6 is 0 Å². The van der Waals surface area contributed by atoms with Crippen LogP contribution in [-0.2, 0) is 22.5 Å². The van der Waals surface area contributed by atoms with Crippen LogP contribution in [0.4, 0.5) is 0 Å². The Morgan fingerprint density at radius 1 is 1.61 bits per heavy atom. The first-order valence-electron chi connectivity index (χ1n) is 6.40. The minimum absolute atomic E-state index is 0.0119. The summed E-state index contributed by atoms with van der Waals surface area (Å²) in [6.45, 7) is 3.32. The molecule has 1 atom stereocenters. The van der Waals surface area contributed by atoms with Crippen molar-refractivity contribution in [3.05, 3.63) is 23.0 Å². The van der Waals surface area contributed by atoms with Crippen molar-refractivity contribution in [2.24, 2.45) is 11.5 Å². The molecule has 0 spiro atoms. The maximum Gasteiger partial charge on any atom is 0.243 e. The summed E-state index contributed by atoms with van der Waals surface area (Å²) in [5, 5.41) is 0. The van der Waals surface area contributed by atoms with Crippen molar-refractivity contribution < 1.29 is 9.53 Å². The second kappa shape index (κ2) is 5.54. The maximum absolute atomic E-state index is 10.6. The fraction of sp³-hybridized carbons (Fsp3) is 0.615. The first kappa shape index (κ1) is 13.1. The van der Waals surface area contributed by atoms with Gasteiger partial charge in [-0.3, -0.25) is 4.79 Å². The summed E-state index contributed by atoms with van der Waals surface area (Å²) in [7, 11) is 0. The highest BCUT2D eigenvalue weighted by Gasteiger charge is 2.21. The molecule has 0 bridgehead atoms. The zero-order valence-electron chi connectivity index (χ0n) is 10.8. The number of rotatable bonds is 5. The van der Waals surface area contributed by atoms with Gasteiger partial charge in [-0.1, -0.05) is 0 Å². The molecule has 1 aromatic rings. The maximum atomic E-state index is 10.6. The van der Waals surface area contributed by atoms with E-state index >= 15 is 0 Å². The predicted molar refractivity (Wildman–Crippen MR) is 69.0 cm³/mol. The molecule has 5 heteroatoms. The van der Waals surface area contributed by atoms with E-state index in [0.29, 0.717) is 6.61 Å². The molecule has 0 fully saturated rings. The van der Waals surface area contributed by atoms with Gasteiger partial charge in [0.1, 0.15) is 6.61 Å². The minimum atomic E-state index is -0.428. The molecule has 1 aliphatic rings. The number of amides is 1. The second-order valence-corrected chi connectivity index (χ2v) is 4.86. The van der Waals surface area contributed by atoms with Gasteiger partial charge in [-0.15, -0.1) is 0 Å². The molecule has 18 heavy (non-hydrogen) atoms. The molecule has 1 heterocycles. The number of fused-ring (bicyclic) bond motifs is 1. The molecule has 1 amide bonds. The second-order valence-electron chi connectivity index (χ2n) is 4.86. The van der Waals surface area contributed by atoms with E-state index in [2.05, 4.69) is 17.6 Å². The van der Waals surface area contributed by atoms with Crippen LogP contribution in [0.25, 0.3) is 0 Å². The number of nitrogens with two attached hydrogens (primary N) is 2. The lowest BCUT2D eigenvalue weighted by Crippen LogP contribution is -2.21. The van der Waals surface area contributed by atoms with E-state index in [0.717, 1.165) is 25.8 Å². The van der Waals surface area contributed by atoms with Gasteiger partial charge in [0.2, 0.25) is 5.91 Å². The van der Waals surface area contributed by atoms with Crippen LogP contribution in [0.1, 0.15) is 35.8 Å². The third kappa shape index (κ3) is 2.73. The van der Waals surface area contributed by atoms with Crippen LogP contribution in [0.5, 0.6) is 0 Å². The summed E-state index contributed by atoms with van der Waals surface area (Å²) in [5.41, 5.74) is 14.9. The molecular weight excluding hydrogens is 230 g/mol. The molecule has 1 unspecified atom stereocenters. The number of aryl methyl sites for hydroxylation is 1. The van der Waals surface area contributed by atoms with Gasteiger partial charge in [0, 0.05) is 24.0 Å². The van der Waals surface area contributed by atoms with Crippen molar-refractivity contribution in [2.75, 3.05) is 13.2 Å². The van der Waals surface area contributed by atoms with Crippen LogP contribution in [0.3, 0.4) is 0 Å². The van der Waals surface area contributed by atoms with Gasteiger partial charge < -0.3 is 20.8 Å². The number of nitrogens with zero attached hydrogens (tertiary/aromatic N) is 1. The molecule has 0 aliphatic heterocycles. The lowest BCUT2D eigenvalue weighted by atomic mass is 9.93. The molecule has 0 saturated carbocycles. The Balaban J connectivity index is 2.02. The van der Waals surface area contributed by atoms with Crippen LogP contribution in [0.15, 0.2) is 6.07 Å². The standard InChI is InChI=1S/C13H21N3O2/c1-9-7-10-11(14)3-2-4-12(10)16(9)5-6-18-8-13(15)17/h7,11H,2-6,8,14H2,1H3,(H2,15,17). The molecule has 100 valence electrons. The number of ether oxygens (including phenoxy) is 1. The fourth-order valence-corrected chi connectivity index (χ4v) is 2.64. The highest BCUT2D eigenvalue weighted by Crippen LogP contribution is 2.30. The molecule has 1 aromatic heterocycles. The Kier molecular flexibility index (Phi) is 4.04. The monoisotopic (exact) mass is 251 g/mol. The van der Waals surface area contributed by atoms with Crippen molar-refractivity contribution in [3.8, 4) is 0 Å². The minimum Gasteiger partial charge on any atom is -0.370 e. The Morgan fingerprint density at radius 3 is 3.11 bits per heavy atom. The van der Waals surface area contributed by atoms with Crippen molar-refractivity contribution in [1.29, 1.82) is 0 Å². The fourth-order valence-electron chi connectivity index (χ4n) is 2.64. The summed E-state index contributed by atoms with van der Waals surface area (Å²) in [4.78, 5) is 10.6. The van der Waals surface area contributed by atoms with E-state index in [9.17, 15) is 4.79 Å². The quantitative estimate of drug-likeness (QED) is 0.753. The molecule has 5 nitrogen and oxygen atoms in total. The van der Waals surface area contributed by atoms with Crippen LogP contribution in [0.2, 0.25) is 0 Å². The Morgan fingerprint density at radius 2 is 2.39 bits per heavy atom. The van der Waals surface area contributed by atoms with E-state index in [1.54, 1.807) is 0 Å². The number of hydrogen-bond acceptors (Lipinski definition) is 3. The van der Waals surface area contributed by atoms with Crippen molar-refractivity contribution in [3.63, 3.8) is 0 Å². The number of aromatic nitrogens is 1. The van der Waals surface area contributed by atoms with Crippen molar-refractivity contribution in [1.82, 2.24) is 4.57 Å². The van der Waals surface area contributed by atoms with Gasteiger partial charge in [-0.05, 0) is 37.8 Å². The number of hydrogen-bond donors (Lipinski definition) is 2. The van der Waals surface area contributed by atoms with E-state index in [-0.39, 0.29) is 12.6 Å². The zero-order chi connectivity index (χ0) is 13.1. The smallest absolute Gasteiger partial charge is 0.243 e. The van der Waals surface area contributed by atoms with Gasteiger partial charge >= 0.3 is 0 Å². The zero-order valence-corrected chi connectivity index (χ0v) is 10.8. The molecule has 2 rings (SSSR count). The number of carbonyl (C=O) groups excluding carboxylic acids is 1. The SMILES string of the molecule is Cc1cc2c(n1CCOCC(N)=O)CCCC2N. The summed E-state index contributed by atoms with van der Waals surface area (Å²) in [6.07, 6.45) is 3.28. The number of carbonyl (C=O) groups is 1. The summed E-state index contributed by atoms with van der Waals surface area (Å²) < 4.78 is 7.46. The van der Waals surface area contributed by atoms with Crippen molar-refractivity contribution in [2.45, 2.75) is 38.8 Å². The molecule has 1 aliphatic carbocycles. The van der Waals surface area contributed by atoms with Gasteiger partial charge in [0.15, 0.2) is 0 Å². The Hall–Kier alpha value is -1.33. The molecule has 4 N–H and O–H groups in total. The Labute approximate surface area is 107 Å². The largest absolute Gasteiger partial charge is 0.370 e. The number of primary amides is 1. The van der Waals surface area contributed by atoms with E-state index in [1.807, 2.05) is 0 Å². The van der Waals surface area contributed by atoms with Crippen LogP contribution in [0, 0.1) is 6.92 Å². The summed E-state index contributed by atoms with van der Waals surface area (Å²) in [6, 6.07) is 2.34. The van der Waals surface area contributed by atoms with E-state index < -0.39 is 5.91 Å². The summed E-state index contributed by atoms with van der Waals surface area (Å²) >= 11 is 0. The molecule has 0 aromatic carbocycles. The first-order valence-corrected chi connectivity index (χ1v) is 6.40. The third-order valence-electron chi connectivity index (χ3n) is 3.48. The van der Waals surface area contributed by atoms with Crippen LogP contribution < -0.4 is 11.5 Å². The normalized spacial score (nSPS) is 18.7. The van der Waals surface area contributed by atoms with Gasteiger partial charge in [0.25, 0.3) is 0 Å². The highest BCUT2D eigenvalue weighted by atomic mass is 16.5. The van der Waals surface area contributed by atoms with E-state index in [4.69, 9.17) is 16.2 Å². The average Bonchev–Trinajstić information content (AvgIpc) is 2.63. The van der Waals surface area contributed by atoms with Gasteiger partial charge in [-0.25, -0.2) is 0 Å². The molecule has 0 saturated heterocycles. The summed E-state index contributed by atoms with van der Waals surface area (Å²) in [5.74, 6) is -0.428. The van der Waals surface area contributed by atoms with Gasteiger partial charge in [0.05, 0.1) is 6.61 Å². The molecular formula is C13H21N3O2. The Bertz CT molecular complexity index is 440. The van der Waals surface area contributed by atoms with Crippen LogP contribution in [-0.4, -0.2) is 23.7 Å². The van der Waals surface area contributed by atoms with Crippen molar-refractivity contribution >= 4 is 5.91 Å².